The molecule has 0 saturated carbocycles. The van der Waals surface area contributed by atoms with Crippen LogP contribution in [0.1, 0.15) is 74.1 Å². The molecular formula is C35H33NO6S. The summed E-state index contributed by atoms with van der Waals surface area (Å²) < 4.78 is 17.3. The third-order valence-electron chi connectivity index (χ3n) is 7.21. The van der Waals surface area contributed by atoms with Gasteiger partial charge in [-0.05, 0) is 88.2 Å². The summed E-state index contributed by atoms with van der Waals surface area (Å²) in [6.45, 7) is 9.71. The molecule has 220 valence electrons. The molecule has 8 heteroatoms. The van der Waals surface area contributed by atoms with Gasteiger partial charge >= 0.3 is 11.9 Å². The number of nitrogens with one attached hydrogen (secondary N) is 1. The molecule has 43 heavy (non-hydrogen) atoms. The van der Waals surface area contributed by atoms with Gasteiger partial charge in [0.25, 0.3) is 0 Å². The van der Waals surface area contributed by atoms with Gasteiger partial charge < -0.3 is 19.5 Å². The quantitative estimate of drug-likeness (QED) is 0.125. The average Bonchev–Trinajstić information content (AvgIpc) is 3.41. The van der Waals surface area contributed by atoms with E-state index in [4.69, 9.17) is 14.2 Å². The fourth-order valence-corrected chi connectivity index (χ4v) is 6.10. The highest BCUT2D eigenvalue weighted by molar-refractivity contribution is 7.13. The van der Waals surface area contributed by atoms with E-state index in [1.54, 1.807) is 43.5 Å². The van der Waals surface area contributed by atoms with Gasteiger partial charge in [-0.25, -0.2) is 9.59 Å². The second kappa shape index (κ2) is 11.9. The second-order valence-corrected chi connectivity index (χ2v) is 12.4. The number of hydrogen-bond acceptors (Lipinski definition) is 8. The molecule has 7 nitrogen and oxygen atoms in total. The summed E-state index contributed by atoms with van der Waals surface area (Å²) in [5, 5.41) is 3.57. The molecule has 0 unspecified atom stereocenters. The number of aryl methyl sites for hydroxylation is 1. The largest absolute Gasteiger partial charge is 0.496 e. The minimum Gasteiger partial charge on any atom is -0.496 e. The van der Waals surface area contributed by atoms with Gasteiger partial charge in [-0.1, -0.05) is 24.3 Å². The van der Waals surface area contributed by atoms with Gasteiger partial charge in [0, 0.05) is 38.9 Å². The summed E-state index contributed by atoms with van der Waals surface area (Å²) >= 11 is 1.40. The van der Waals surface area contributed by atoms with Crippen LogP contribution in [0.4, 0.5) is 5.69 Å². The molecule has 1 aromatic heterocycles. The summed E-state index contributed by atoms with van der Waals surface area (Å²) in [5.74, 6) is -0.332. The number of allylic oxidation sites excluding steroid dienone is 1. The minimum absolute atomic E-state index is 0.0496. The molecular weight excluding hydrogens is 562 g/mol. The van der Waals surface area contributed by atoms with Crippen molar-refractivity contribution in [1.29, 1.82) is 0 Å². The molecule has 0 saturated heterocycles. The van der Waals surface area contributed by atoms with Crippen molar-refractivity contribution in [2.45, 2.75) is 46.8 Å². The first-order chi connectivity index (χ1) is 20.5. The highest BCUT2D eigenvalue weighted by Crippen LogP contribution is 2.43. The molecule has 0 fully saturated rings. The molecule has 0 spiro atoms. The SMILES string of the molecule is COc1cc(OC(=O)c2cccc(C(C)=O)c2)ccc1-c1ccc2c(c1COC(=O)c1ccc(C)s1)C(C)=CC(C)(C)N2. The van der Waals surface area contributed by atoms with Gasteiger partial charge in [-0.3, -0.25) is 4.79 Å². The smallest absolute Gasteiger partial charge is 0.348 e. The summed E-state index contributed by atoms with van der Waals surface area (Å²) in [4.78, 5) is 39.2. The summed E-state index contributed by atoms with van der Waals surface area (Å²) in [5.41, 5.74) is 5.85. The van der Waals surface area contributed by atoms with Crippen molar-refractivity contribution in [1.82, 2.24) is 0 Å². The van der Waals surface area contributed by atoms with E-state index in [2.05, 4.69) is 32.2 Å². The molecule has 1 N–H and O–H groups in total. The van der Waals surface area contributed by atoms with Crippen molar-refractivity contribution in [2.24, 2.45) is 0 Å². The number of anilines is 1. The van der Waals surface area contributed by atoms with Crippen LogP contribution in [-0.4, -0.2) is 30.4 Å². The first-order valence-corrected chi connectivity index (χ1v) is 14.7. The molecule has 0 aliphatic carbocycles. The van der Waals surface area contributed by atoms with Crippen molar-refractivity contribution in [3.8, 4) is 22.6 Å². The molecule has 0 amide bonds. The highest BCUT2D eigenvalue weighted by Gasteiger charge is 2.27. The van der Waals surface area contributed by atoms with Crippen LogP contribution in [0, 0.1) is 6.92 Å². The molecule has 2 heterocycles. The zero-order chi connectivity index (χ0) is 30.9. The van der Waals surface area contributed by atoms with Crippen LogP contribution < -0.4 is 14.8 Å². The Morgan fingerprint density at radius 3 is 2.33 bits per heavy atom. The fourth-order valence-electron chi connectivity index (χ4n) is 5.34. The molecule has 3 aromatic carbocycles. The summed E-state index contributed by atoms with van der Waals surface area (Å²) in [6, 6.07) is 19.3. The lowest BCUT2D eigenvalue weighted by Gasteiger charge is -2.33. The average molecular weight is 596 g/mol. The normalized spacial score (nSPS) is 13.3. The summed E-state index contributed by atoms with van der Waals surface area (Å²) in [6.07, 6.45) is 2.16. The molecule has 1 aliphatic rings. The predicted octanol–water partition coefficient (Wildman–Crippen LogP) is 8.12. The zero-order valence-corrected chi connectivity index (χ0v) is 25.8. The number of carbonyl (C=O) groups excluding carboxylic acids is 3. The Labute approximate surface area is 255 Å². The number of carbonyl (C=O) groups is 3. The third-order valence-corrected chi connectivity index (χ3v) is 8.19. The van der Waals surface area contributed by atoms with Crippen molar-refractivity contribution >= 4 is 40.3 Å². The van der Waals surface area contributed by atoms with Crippen LogP contribution in [0.15, 0.2) is 72.8 Å². The first kappa shape index (κ1) is 29.8. The minimum atomic E-state index is -0.586. The van der Waals surface area contributed by atoms with Crippen molar-refractivity contribution < 1.29 is 28.6 Å². The number of methoxy groups -OCH3 is 1. The number of esters is 2. The Kier molecular flexibility index (Phi) is 8.24. The maximum Gasteiger partial charge on any atom is 0.348 e. The topological polar surface area (TPSA) is 90.9 Å². The molecule has 5 rings (SSSR count). The number of ether oxygens (including phenoxy) is 3. The number of fused-ring (bicyclic) bond motifs is 1. The monoisotopic (exact) mass is 595 g/mol. The lowest BCUT2D eigenvalue weighted by Crippen LogP contribution is -2.32. The van der Waals surface area contributed by atoms with E-state index < -0.39 is 5.97 Å². The Morgan fingerprint density at radius 2 is 1.63 bits per heavy atom. The van der Waals surface area contributed by atoms with E-state index >= 15 is 0 Å². The van der Waals surface area contributed by atoms with Crippen LogP contribution in [0.25, 0.3) is 16.7 Å². The molecule has 0 radical (unpaired) electrons. The Morgan fingerprint density at radius 1 is 0.884 bits per heavy atom. The molecule has 0 bridgehead atoms. The van der Waals surface area contributed by atoms with Gasteiger partial charge in [-0.2, -0.15) is 0 Å². The van der Waals surface area contributed by atoms with Gasteiger partial charge in [-0.15, -0.1) is 11.3 Å². The van der Waals surface area contributed by atoms with Gasteiger partial charge in [0.2, 0.25) is 0 Å². The Hall–Kier alpha value is -4.69. The standard InChI is InChI=1S/C35H33NO6S/c1-20-18-35(4,5)36-29-14-13-26(28(32(20)29)19-41-34(39)31-15-10-21(2)43-31)27-12-11-25(17-30(27)40-6)42-33(38)24-9-7-8-23(16-24)22(3)37/h7-18,36H,19H2,1-6H3. The van der Waals surface area contributed by atoms with Crippen molar-refractivity contribution in [3.63, 3.8) is 0 Å². The maximum absolute atomic E-state index is 12.9. The van der Waals surface area contributed by atoms with E-state index in [0.717, 1.165) is 38.4 Å². The fraction of sp³-hybridized carbons (Fsp3) is 0.229. The zero-order valence-electron chi connectivity index (χ0n) is 25.0. The van der Waals surface area contributed by atoms with Crippen LogP contribution >= 0.6 is 11.3 Å². The van der Waals surface area contributed by atoms with Crippen molar-refractivity contribution in [2.75, 3.05) is 12.4 Å². The number of Topliss-reactive ketones (excluding diaryl/α,β-unsaturated/α-hetero) is 1. The number of ketones is 1. The maximum atomic E-state index is 12.9. The van der Waals surface area contributed by atoms with E-state index in [1.165, 1.54) is 24.3 Å². The number of rotatable bonds is 8. The van der Waals surface area contributed by atoms with E-state index in [0.29, 0.717) is 16.2 Å². The molecule has 1 aliphatic heterocycles. The van der Waals surface area contributed by atoms with E-state index in [1.807, 2.05) is 31.2 Å². The first-order valence-electron chi connectivity index (χ1n) is 13.8. The van der Waals surface area contributed by atoms with Crippen LogP contribution in [0.2, 0.25) is 0 Å². The number of thiophene rings is 1. The number of hydrogen-bond donors (Lipinski definition) is 1. The van der Waals surface area contributed by atoms with Crippen LogP contribution in [-0.2, 0) is 11.3 Å². The van der Waals surface area contributed by atoms with E-state index in [-0.39, 0.29) is 35.2 Å². The van der Waals surface area contributed by atoms with Crippen molar-refractivity contribution in [3.05, 3.63) is 105 Å². The van der Waals surface area contributed by atoms with Crippen LogP contribution in [0.3, 0.4) is 0 Å². The number of benzene rings is 3. The third kappa shape index (κ3) is 6.39. The van der Waals surface area contributed by atoms with E-state index in [9.17, 15) is 14.4 Å². The van der Waals surface area contributed by atoms with Gasteiger partial charge in [0.1, 0.15) is 23.0 Å². The van der Waals surface area contributed by atoms with Gasteiger partial charge in [0.05, 0.1) is 18.2 Å². The highest BCUT2D eigenvalue weighted by atomic mass is 32.1. The Bertz CT molecular complexity index is 1780. The van der Waals surface area contributed by atoms with Gasteiger partial charge in [0.15, 0.2) is 5.78 Å². The lowest BCUT2D eigenvalue weighted by molar-refractivity contribution is 0.0478. The second-order valence-electron chi connectivity index (χ2n) is 11.1. The summed E-state index contributed by atoms with van der Waals surface area (Å²) in [7, 11) is 1.55. The molecule has 0 atom stereocenters. The predicted molar refractivity (Wildman–Crippen MR) is 169 cm³/mol. The van der Waals surface area contributed by atoms with Crippen LogP contribution in [0.5, 0.6) is 11.5 Å². The Balaban J connectivity index is 1.51. The lowest BCUT2D eigenvalue weighted by atomic mass is 9.85. The molecule has 4 aromatic rings.